The quantitative estimate of drug-likeness (QED) is 0.876. The second kappa shape index (κ2) is 5.90. The standard InChI is InChI=1S/C14H19N5O2/c1-8(2)12(13-15-7-16-19(13)4)18-14(21)11-6-10(20)5-9(3)17-11/h5-8,12H,1-4H3,(H,17,20)(H,18,21)/t12-/m1/s1. The summed E-state index contributed by atoms with van der Waals surface area (Å²) in [5.74, 6) is 0.472. The summed E-state index contributed by atoms with van der Waals surface area (Å²) in [7, 11) is 1.78. The first-order valence-corrected chi connectivity index (χ1v) is 6.74. The van der Waals surface area contributed by atoms with Crippen molar-refractivity contribution in [2.24, 2.45) is 13.0 Å². The summed E-state index contributed by atoms with van der Waals surface area (Å²) >= 11 is 0. The molecule has 112 valence electrons. The van der Waals surface area contributed by atoms with Crippen LogP contribution in [-0.4, -0.2) is 25.7 Å². The van der Waals surface area contributed by atoms with Gasteiger partial charge in [-0.25, -0.2) is 4.98 Å². The van der Waals surface area contributed by atoms with Crippen molar-refractivity contribution < 1.29 is 4.79 Å². The van der Waals surface area contributed by atoms with Gasteiger partial charge in [-0.2, -0.15) is 5.10 Å². The topological polar surface area (TPSA) is 92.7 Å². The van der Waals surface area contributed by atoms with Gasteiger partial charge in [0.25, 0.3) is 5.91 Å². The molecule has 1 amide bonds. The van der Waals surface area contributed by atoms with Gasteiger partial charge in [0.15, 0.2) is 5.43 Å². The number of carbonyl (C=O) groups excluding carboxylic acids is 1. The van der Waals surface area contributed by atoms with Crippen LogP contribution < -0.4 is 10.7 Å². The first-order valence-electron chi connectivity index (χ1n) is 6.74. The highest BCUT2D eigenvalue weighted by Crippen LogP contribution is 2.19. The minimum absolute atomic E-state index is 0.133. The third-order valence-corrected chi connectivity index (χ3v) is 3.20. The Morgan fingerprint density at radius 1 is 1.38 bits per heavy atom. The van der Waals surface area contributed by atoms with Crippen molar-refractivity contribution in [3.63, 3.8) is 0 Å². The average Bonchev–Trinajstić information content (AvgIpc) is 2.80. The van der Waals surface area contributed by atoms with Crippen LogP contribution in [0.25, 0.3) is 0 Å². The van der Waals surface area contributed by atoms with Gasteiger partial charge in [0.1, 0.15) is 17.8 Å². The first-order chi connectivity index (χ1) is 9.88. The minimum Gasteiger partial charge on any atom is -0.354 e. The number of nitrogens with one attached hydrogen (secondary N) is 2. The molecule has 2 aromatic heterocycles. The highest BCUT2D eigenvalue weighted by Gasteiger charge is 2.23. The highest BCUT2D eigenvalue weighted by molar-refractivity contribution is 5.92. The van der Waals surface area contributed by atoms with Crippen LogP contribution >= 0.6 is 0 Å². The van der Waals surface area contributed by atoms with Crippen LogP contribution in [0.4, 0.5) is 0 Å². The van der Waals surface area contributed by atoms with Crippen molar-refractivity contribution in [3.8, 4) is 0 Å². The van der Waals surface area contributed by atoms with E-state index in [9.17, 15) is 9.59 Å². The van der Waals surface area contributed by atoms with Crippen LogP contribution in [0.1, 0.15) is 41.9 Å². The van der Waals surface area contributed by atoms with E-state index >= 15 is 0 Å². The molecule has 0 aliphatic heterocycles. The largest absolute Gasteiger partial charge is 0.354 e. The van der Waals surface area contributed by atoms with Crippen LogP contribution in [0.5, 0.6) is 0 Å². The number of amides is 1. The van der Waals surface area contributed by atoms with E-state index in [4.69, 9.17) is 0 Å². The number of aryl methyl sites for hydroxylation is 2. The number of aromatic amines is 1. The fourth-order valence-electron chi connectivity index (χ4n) is 2.14. The Bertz CT molecular complexity index is 701. The Morgan fingerprint density at radius 3 is 2.62 bits per heavy atom. The smallest absolute Gasteiger partial charge is 0.268 e. The molecule has 0 aromatic carbocycles. The molecule has 2 heterocycles. The number of hydrogen-bond donors (Lipinski definition) is 2. The molecule has 7 nitrogen and oxygen atoms in total. The number of hydrogen-bond acceptors (Lipinski definition) is 4. The van der Waals surface area contributed by atoms with E-state index in [0.29, 0.717) is 11.5 Å². The zero-order valence-electron chi connectivity index (χ0n) is 12.5. The molecule has 0 aliphatic carbocycles. The fourth-order valence-corrected chi connectivity index (χ4v) is 2.14. The van der Waals surface area contributed by atoms with E-state index in [1.165, 1.54) is 18.5 Å². The number of carbonyl (C=O) groups is 1. The highest BCUT2D eigenvalue weighted by atomic mass is 16.2. The molecule has 1 atom stereocenters. The SMILES string of the molecule is Cc1cc(=O)cc(C(=O)N[C@@H](c2ncnn2C)C(C)C)[nH]1. The maximum atomic E-state index is 12.3. The number of H-pyrrole nitrogens is 1. The monoisotopic (exact) mass is 289 g/mol. The molecule has 0 aliphatic rings. The molecule has 0 fully saturated rings. The van der Waals surface area contributed by atoms with E-state index in [1.807, 2.05) is 13.8 Å². The summed E-state index contributed by atoms with van der Waals surface area (Å²) in [6.45, 7) is 5.71. The Labute approximate surface area is 122 Å². The molecule has 0 spiro atoms. The summed E-state index contributed by atoms with van der Waals surface area (Å²) in [6, 6.07) is 2.45. The second-order valence-corrected chi connectivity index (χ2v) is 5.35. The first kappa shape index (κ1) is 15.0. The van der Waals surface area contributed by atoms with Gasteiger partial charge in [0.05, 0.1) is 6.04 Å². The Morgan fingerprint density at radius 2 is 2.10 bits per heavy atom. The van der Waals surface area contributed by atoms with Gasteiger partial charge in [-0.05, 0) is 12.8 Å². The van der Waals surface area contributed by atoms with Gasteiger partial charge >= 0.3 is 0 Å². The van der Waals surface area contributed by atoms with Crippen molar-refractivity contribution in [3.05, 3.63) is 45.9 Å². The minimum atomic E-state index is -0.336. The molecule has 21 heavy (non-hydrogen) atoms. The van der Waals surface area contributed by atoms with Gasteiger partial charge in [-0.1, -0.05) is 13.8 Å². The lowest BCUT2D eigenvalue weighted by Crippen LogP contribution is -2.34. The molecule has 0 unspecified atom stereocenters. The number of pyridine rings is 1. The molecule has 0 bridgehead atoms. The number of aromatic nitrogens is 4. The van der Waals surface area contributed by atoms with Crippen LogP contribution in [0.3, 0.4) is 0 Å². The van der Waals surface area contributed by atoms with E-state index in [0.717, 1.165) is 0 Å². The maximum Gasteiger partial charge on any atom is 0.268 e. The summed E-state index contributed by atoms with van der Waals surface area (Å²) in [4.78, 5) is 30.9. The Balaban J connectivity index is 2.27. The van der Waals surface area contributed by atoms with Gasteiger partial charge in [0, 0.05) is 24.9 Å². The zero-order valence-corrected chi connectivity index (χ0v) is 12.5. The lowest BCUT2D eigenvalue weighted by molar-refractivity contribution is 0.0916. The molecular formula is C14H19N5O2. The van der Waals surface area contributed by atoms with Gasteiger partial charge in [-0.15, -0.1) is 0 Å². The zero-order chi connectivity index (χ0) is 15.6. The summed E-state index contributed by atoms with van der Waals surface area (Å²) in [5, 5.41) is 6.92. The van der Waals surface area contributed by atoms with E-state index in [-0.39, 0.29) is 29.0 Å². The number of rotatable bonds is 4. The predicted octanol–water partition coefficient (Wildman–Crippen LogP) is 0.939. The van der Waals surface area contributed by atoms with Crippen LogP contribution in [0, 0.1) is 12.8 Å². The summed E-state index contributed by atoms with van der Waals surface area (Å²) in [6.07, 6.45) is 1.45. The van der Waals surface area contributed by atoms with Gasteiger partial charge < -0.3 is 10.3 Å². The predicted molar refractivity (Wildman–Crippen MR) is 77.8 cm³/mol. The summed E-state index contributed by atoms with van der Waals surface area (Å²) in [5.41, 5.74) is 0.691. The lowest BCUT2D eigenvalue weighted by atomic mass is 10.0. The Kier molecular flexibility index (Phi) is 4.21. The summed E-state index contributed by atoms with van der Waals surface area (Å²) < 4.78 is 1.63. The van der Waals surface area contributed by atoms with Gasteiger partial charge in [-0.3, -0.25) is 14.3 Å². The van der Waals surface area contributed by atoms with Gasteiger partial charge in [0.2, 0.25) is 0 Å². The van der Waals surface area contributed by atoms with E-state index < -0.39 is 0 Å². The molecule has 7 heteroatoms. The average molecular weight is 289 g/mol. The lowest BCUT2D eigenvalue weighted by Gasteiger charge is -2.21. The molecule has 2 aromatic rings. The second-order valence-electron chi connectivity index (χ2n) is 5.35. The van der Waals surface area contributed by atoms with E-state index in [2.05, 4.69) is 20.4 Å². The normalized spacial score (nSPS) is 12.4. The van der Waals surface area contributed by atoms with Crippen LogP contribution in [0.2, 0.25) is 0 Å². The molecule has 0 radical (unpaired) electrons. The van der Waals surface area contributed by atoms with Crippen molar-refractivity contribution in [2.45, 2.75) is 26.8 Å². The Hall–Kier alpha value is -2.44. The number of nitrogens with zero attached hydrogens (tertiary/aromatic N) is 3. The molecule has 0 saturated heterocycles. The third kappa shape index (κ3) is 3.36. The maximum absolute atomic E-state index is 12.3. The van der Waals surface area contributed by atoms with Crippen molar-refractivity contribution >= 4 is 5.91 Å². The molecule has 0 saturated carbocycles. The van der Waals surface area contributed by atoms with Crippen LogP contribution in [-0.2, 0) is 7.05 Å². The fraction of sp³-hybridized carbons (Fsp3) is 0.429. The molecular weight excluding hydrogens is 270 g/mol. The van der Waals surface area contributed by atoms with Crippen molar-refractivity contribution in [1.29, 1.82) is 0 Å². The van der Waals surface area contributed by atoms with E-state index in [1.54, 1.807) is 18.7 Å². The third-order valence-electron chi connectivity index (χ3n) is 3.20. The molecule has 2 rings (SSSR count). The molecule has 2 N–H and O–H groups in total. The van der Waals surface area contributed by atoms with Crippen molar-refractivity contribution in [1.82, 2.24) is 25.1 Å². The van der Waals surface area contributed by atoms with Crippen molar-refractivity contribution in [2.75, 3.05) is 0 Å². The van der Waals surface area contributed by atoms with Crippen LogP contribution in [0.15, 0.2) is 23.3 Å².